The molecular formula is C16H22N2O2S. The second-order valence-electron chi connectivity index (χ2n) is 6.49. The highest BCUT2D eigenvalue weighted by molar-refractivity contribution is 7.11. The standard InChI is InChI=1S/C16H22N2O2S/c1-4-11-7-8-12(21-11)9-18-14(19)13(10-5-6-10)17-15(20)16(18,2)3/h7-8,10,13H,4-6,9H2,1-3H3,(H,17,20). The summed E-state index contributed by atoms with van der Waals surface area (Å²) >= 11 is 1.73. The van der Waals surface area contributed by atoms with Gasteiger partial charge in [0.15, 0.2) is 0 Å². The van der Waals surface area contributed by atoms with E-state index in [-0.39, 0.29) is 17.9 Å². The van der Waals surface area contributed by atoms with Crippen LogP contribution in [0.1, 0.15) is 43.4 Å². The molecule has 1 N–H and O–H groups in total. The molecule has 2 heterocycles. The lowest BCUT2D eigenvalue weighted by molar-refractivity contribution is -0.156. The molecule has 2 fully saturated rings. The Morgan fingerprint density at radius 2 is 1.95 bits per heavy atom. The number of carbonyl (C=O) groups excluding carboxylic acids is 2. The fourth-order valence-electron chi connectivity index (χ4n) is 2.82. The molecule has 0 bridgehead atoms. The van der Waals surface area contributed by atoms with Crippen molar-refractivity contribution < 1.29 is 9.59 Å². The van der Waals surface area contributed by atoms with Crippen LogP contribution in [0.15, 0.2) is 12.1 Å². The van der Waals surface area contributed by atoms with Crippen LogP contribution in [0.2, 0.25) is 0 Å². The Bertz CT molecular complexity index is 575. The molecule has 1 saturated heterocycles. The lowest BCUT2D eigenvalue weighted by Crippen LogP contribution is -2.68. The van der Waals surface area contributed by atoms with Gasteiger partial charge in [-0.25, -0.2) is 0 Å². The largest absolute Gasteiger partial charge is 0.342 e. The van der Waals surface area contributed by atoms with Gasteiger partial charge in [-0.1, -0.05) is 6.92 Å². The van der Waals surface area contributed by atoms with Crippen molar-refractivity contribution >= 4 is 23.2 Å². The predicted molar refractivity (Wildman–Crippen MR) is 83.0 cm³/mol. The van der Waals surface area contributed by atoms with Crippen molar-refractivity contribution in [2.75, 3.05) is 0 Å². The third-order valence-corrected chi connectivity index (χ3v) is 5.74. The van der Waals surface area contributed by atoms with Crippen LogP contribution >= 0.6 is 11.3 Å². The Hall–Kier alpha value is -1.36. The first-order valence-electron chi connectivity index (χ1n) is 7.63. The summed E-state index contributed by atoms with van der Waals surface area (Å²) in [6.07, 6.45) is 3.10. The van der Waals surface area contributed by atoms with Crippen molar-refractivity contribution in [3.63, 3.8) is 0 Å². The average molecular weight is 306 g/mol. The van der Waals surface area contributed by atoms with Crippen molar-refractivity contribution in [1.29, 1.82) is 0 Å². The normalized spacial score (nSPS) is 25.1. The van der Waals surface area contributed by atoms with E-state index in [0.29, 0.717) is 12.5 Å². The van der Waals surface area contributed by atoms with Gasteiger partial charge in [0.05, 0.1) is 6.54 Å². The maximum Gasteiger partial charge on any atom is 0.246 e. The minimum atomic E-state index is -0.779. The van der Waals surface area contributed by atoms with E-state index in [1.807, 2.05) is 13.8 Å². The highest BCUT2D eigenvalue weighted by Crippen LogP contribution is 2.37. The maximum atomic E-state index is 12.8. The smallest absolute Gasteiger partial charge is 0.246 e. The zero-order chi connectivity index (χ0) is 15.2. The molecule has 1 aliphatic heterocycles. The first-order chi connectivity index (χ1) is 9.93. The quantitative estimate of drug-likeness (QED) is 0.928. The molecule has 114 valence electrons. The first-order valence-corrected chi connectivity index (χ1v) is 8.45. The molecule has 4 nitrogen and oxygen atoms in total. The number of hydrogen-bond acceptors (Lipinski definition) is 3. The molecule has 2 amide bonds. The minimum absolute atomic E-state index is 0.0359. The van der Waals surface area contributed by atoms with Crippen molar-refractivity contribution in [2.24, 2.45) is 5.92 Å². The summed E-state index contributed by atoms with van der Waals surface area (Å²) < 4.78 is 0. The van der Waals surface area contributed by atoms with Crippen molar-refractivity contribution in [2.45, 2.75) is 58.2 Å². The number of nitrogens with zero attached hydrogens (tertiary/aromatic N) is 1. The molecule has 1 aromatic heterocycles. The second-order valence-corrected chi connectivity index (χ2v) is 7.75. The maximum absolute atomic E-state index is 12.8. The van der Waals surface area contributed by atoms with Crippen LogP contribution < -0.4 is 5.32 Å². The molecule has 2 aliphatic rings. The number of aryl methyl sites for hydroxylation is 1. The third kappa shape index (κ3) is 2.59. The minimum Gasteiger partial charge on any atom is -0.342 e. The van der Waals surface area contributed by atoms with Gasteiger partial charge in [-0.3, -0.25) is 9.59 Å². The summed E-state index contributed by atoms with van der Waals surface area (Å²) in [4.78, 5) is 29.4. The van der Waals surface area contributed by atoms with E-state index in [2.05, 4.69) is 24.4 Å². The van der Waals surface area contributed by atoms with Gasteiger partial charge in [0.25, 0.3) is 0 Å². The van der Waals surface area contributed by atoms with Crippen molar-refractivity contribution in [3.8, 4) is 0 Å². The Morgan fingerprint density at radius 3 is 2.52 bits per heavy atom. The lowest BCUT2D eigenvalue weighted by atomic mass is 9.94. The number of thiophene rings is 1. The Morgan fingerprint density at radius 1 is 1.29 bits per heavy atom. The Labute approximate surface area is 129 Å². The van der Waals surface area contributed by atoms with Crippen LogP contribution in [0.25, 0.3) is 0 Å². The first kappa shape index (κ1) is 14.6. The Kier molecular flexibility index (Phi) is 3.56. The summed E-state index contributed by atoms with van der Waals surface area (Å²) in [5.74, 6) is 0.384. The molecule has 3 rings (SSSR count). The summed E-state index contributed by atoms with van der Waals surface area (Å²) in [6, 6.07) is 3.88. The lowest BCUT2D eigenvalue weighted by Gasteiger charge is -2.44. The molecule has 0 aromatic carbocycles. The number of rotatable bonds is 4. The summed E-state index contributed by atoms with van der Waals surface area (Å²) in [7, 11) is 0. The molecular weight excluding hydrogens is 284 g/mol. The van der Waals surface area contributed by atoms with Gasteiger partial charge in [-0.15, -0.1) is 11.3 Å². The van der Waals surface area contributed by atoms with E-state index < -0.39 is 5.54 Å². The molecule has 1 aliphatic carbocycles. The van der Waals surface area contributed by atoms with Gasteiger partial charge in [0.1, 0.15) is 11.6 Å². The number of piperazine rings is 1. The summed E-state index contributed by atoms with van der Waals surface area (Å²) in [5.41, 5.74) is -0.779. The number of amides is 2. The van der Waals surface area contributed by atoms with E-state index >= 15 is 0 Å². The highest BCUT2D eigenvalue weighted by Gasteiger charge is 2.50. The Balaban J connectivity index is 1.84. The molecule has 5 heteroatoms. The van der Waals surface area contributed by atoms with E-state index in [9.17, 15) is 9.59 Å². The zero-order valence-electron chi connectivity index (χ0n) is 12.8. The van der Waals surface area contributed by atoms with Crippen LogP contribution in [0, 0.1) is 5.92 Å². The van der Waals surface area contributed by atoms with Crippen LogP contribution in [-0.4, -0.2) is 28.3 Å². The van der Waals surface area contributed by atoms with Gasteiger partial charge in [-0.2, -0.15) is 0 Å². The summed E-state index contributed by atoms with van der Waals surface area (Å²) in [6.45, 7) is 6.32. The number of carbonyl (C=O) groups is 2. The van der Waals surface area contributed by atoms with E-state index in [4.69, 9.17) is 0 Å². The predicted octanol–water partition coefficient (Wildman–Crippen LogP) is 2.33. The molecule has 1 aromatic rings. The average Bonchev–Trinajstić information content (AvgIpc) is 3.18. The topological polar surface area (TPSA) is 49.4 Å². The van der Waals surface area contributed by atoms with Crippen LogP contribution in [0.5, 0.6) is 0 Å². The van der Waals surface area contributed by atoms with Crippen LogP contribution in [0.3, 0.4) is 0 Å². The van der Waals surface area contributed by atoms with Gasteiger partial charge in [0, 0.05) is 9.75 Å². The van der Waals surface area contributed by atoms with Crippen molar-refractivity contribution in [3.05, 3.63) is 21.9 Å². The fourth-order valence-corrected chi connectivity index (χ4v) is 3.77. The van der Waals surface area contributed by atoms with Gasteiger partial charge < -0.3 is 10.2 Å². The zero-order valence-corrected chi connectivity index (χ0v) is 13.6. The molecule has 0 radical (unpaired) electrons. The second kappa shape index (κ2) is 5.13. The molecule has 1 saturated carbocycles. The number of nitrogens with one attached hydrogen (secondary N) is 1. The van der Waals surface area contributed by atoms with E-state index in [0.717, 1.165) is 24.1 Å². The van der Waals surface area contributed by atoms with Crippen molar-refractivity contribution in [1.82, 2.24) is 10.2 Å². The monoisotopic (exact) mass is 306 g/mol. The van der Waals surface area contributed by atoms with E-state index in [1.54, 1.807) is 16.2 Å². The molecule has 1 unspecified atom stereocenters. The molecule has 0 spiro atoms. The van der Waals surface area contributed by atoms with Gasteiger partial charge >= 0.3 is 0 Å². The number of hydrogen-bond donors (Lipinski definition) is 1. The van der Waals surface area contributed by atoms with Crippen LogP contribution in [0.4, 0.5) is 0 Å². The fraction of sp³-hybridized carbons (Fsp3) is 0.625. The van der Waals surface area contributed by atoms with E-state index in [1.165, 1.54) is 4.88 Å². The molecule has 1 atom stereocenters. The van der Waals surface area contributed by atoms with Gasteiger partial charge in [-0.05, 0) is 51.2 Å². The highest BCUT2D eigenvalue weighted by atomic mass is 32.1. The summed E-state index contributed by atoms with van der Waals surface area (Å²) in [5, 5.41) is 2.92. The SMILES string of the molecule is CCc1ccc(CN2C(=O)C(C3CC3)NC(=O)C2(C)C)s1. The van der Waals surface area contributed by atoms with Crippen LogP contribution in [-0.2, 0) is 22.6 Å². The third-order valence-electron chi connectivity index (χ3n) is 4.52. The molecule has 21 heavy (non-hydrogen) atoms. The van der Waals surface area contributed by atoms with Gasteiger partial charge in [0.2, 0.25) is 11.8 Å².